The van der Waals surface area contributed by atoms with Crippen molar-refractivity contribution < 1.29 is 4.79 Å². The summed E-state index contributed by atoms with van der Waals surface area (Å²) in [6.45, 7) is 0.289. The van der Waals surface area contributed by atoms with Crippen LogP contribution in [0.3, 0.4) is 0 Å². The van der Waals surface area contributed by atoms with Crippen LogP contribution in [0.25, 0.3) is 10.9 Å². The smallest absolute Gasteiger partial charge is 0.258 e. The lowest BCUT2D eigenvalue weighted by atomic mass is 10.00. The van der Waals surface area contributed by atoms with Gasteiger partial charge in [0.05, 0.1) is 23.4 Å². The van der Waals surface area contributed by atoms with Gasteiger partial charge in [0, 0.05) is 7.05 Å². The van der Waals surface area contributed by atoms with Crippen LogP contribution in [-0.4, -0.2) is 27.8 Å². The van der Waals surface area contributed by atoms with E-state index in [1.807, 2.05) is 36.4 Å². The third-order valence-corrected chi connectivity index (χ3v) is 4.86. The summed E-state index contributed by atoms with van der Waals surface area (Å²) < 4.78 is 0. The number of H-pyrrole nitrogens is 1. The zero-order valence-electron chi connectivity index (χ0n) is 14.0. The van der Waals surface area contributed by atoms with Gasteiger partial charge in [-0.05, 0) is 36.1 Å². The van der Waals surface area contributed by atoms with Gasteiger partial charge in [0.15, 0.2) is 0 Å². The first-order valence-electron chi connectivity index (χ1n) is 8.44. The molecular weight excluding hydrogens is 314 g/mol. The summed E-state index contributed by atoms with van der Waals surface area (Å²) in [6, 6.07) is 15.3. The molecule has 4 rings (SSSR count). The number of rotatable bonds is 3. The van der Waals surface area contributed by atoms with E-state index in [0.29, 0.717) is 16.7 Å². The number of hydrogen-bond donors (Lipinski definition) is 1. The molecule has 1 N–H and O–H groups in total. The topological polar surface area (TPSA) is 66.1 Å². The Balaban J connectivity index is 1.57. The molecule has 0 saturated heterocycles. The Labute approximate surface area is 145 Å². The largest absolute Gasteiger partial charge is 0.338 e. The van der Waals surface area contributed by atoms with Crippen molar-refractivity contribution in [3.63, 3.8) is 0 Å². The van der Waals surface area contributed by atoms with Crippen molar-refractivity contribution in [2.24, 2.45) is 0 Å². The Morgan fingerprint density at radius 1 is 1.20 bits per heavy atom. The lowest BCUT2D eigenvalue weighted by molar-refractivity contribution is -0.132. The van der Waals surface area contributed by atoms with E-state index >= 15 is 0 Å². The summed E-state index contributed by atoms with van der Waals surface area (Å²) in [6.07, 6.45) is 1.77. The molecule has 1 amide bonds. The first-order chi connectivity index (χ1) is 12.1. The molecule has 0 unspecified atom stereocenters. The van der Waals surface area contributed by atoms with Crippen LogP contribution in [0.5, 0.6) is 0 Å². The highest BCUT2D eigenvalue weighted by molar-refractivity contribution is 5.85. The van der Waals surface area contributed by atoms with Gasteiger partial charge >= 0.3 is 0 Å². The predicted octanol–water partition coefficient (Wildman–Crippen LogP) is 2.61. The maximum absolute atomic E-state index is 12.9. The molecule has 1 aromatic heterocycles. The molecule has 0 radical (unpaired) electrons. The fraction of sp³-hybridized carbons (Fsp3) is 0.250. The van der Waals surface area contributed by atoms with Crippen LogP contribution in [0.2, 0.25) is 0 Å². The molecular formula is C20H19N3O2. The van der Waals surface area contributed by atoms with Gasteiger partial charge < -0.3 is 9.88 Å². The summed E-state index contributed by atoms with van der Waals surface area (Å²) in [5.41, 5.74) is 2.85. The van der Waals surface area contributed by atoms with Crippen LogP contribution >= 0.6 is 0 Å². The molecule has 2 aromatic carbocycles. The second-order valence-corrected chi connectivity index (χ2v) is 6.51. The van der Waals surface area contributed by atoms with E-state index in [-0.39, 0.29) is 23.9 Å². The van der Waals surface area contributed by atoms with Gasteiger partial charge in [-0.1, -0.05) is 36.4 Å². The standard InChI is InChI=1S/C20H19N3O2/c1-23(20(25)15-11-10-13-6-2-3-7-14(13)15)12-18-21-17-9-5-4-8-16(17)19(24)22-18/h2-9,15H,10-12H2,1H3,(H,21,22,24)/t15-/m0/s1. The summed E-state index contributed by atoms with van der Waals surface area (Å²) in [5.74, 6) is 0.472. The highest BCUT2D eigenvalue weighted by Gasteiger charge is 2.30. The molecule has 0 bridgehead atoms. The van der Waals surface area contributed by atoms with E-state index in [0.717, 1.165) is 18.4 Å². The van der Waals surface area contributed by atoms with Crippen molar-refractivity contribution in [2.75, 3.05) is 7.05 Å². The number of para-hydroxylation sites is 1. The van der Waals surface area contributed by atoms with Crippen molar-refractivity contribution in [1.29, 1.82) is 0 Å². The number of hydrogen-bond acceptors (Lipinski definition) is 3. The van der Waals surface area contributed by atoms with Gasteiger partial charge in [-0.15, -0.1) is 0 Å². The van der Waals surface area contributed by atoms with E-state index in [2.05, 4.69) is 16.0 Å². The minimum Gasteiger partial charge on any atom is -0.338 e. The van der Waals surface area contributed by atoms with Gasteiger partial charge in [-0.25, -0.2) is 4.98 Å². The Kier molecular flexibility index (Phi) is 3.84. The van der Waals surface area contributed by atoms with E-state index in [1.54, 1.807) is 18.0 Å². The maximum Gasteiger partial charge on any atom is 0.258 e. The number of amides is 1. The first-order valence-corrected chi connectivity index (χ1v) is 8.44. The molecule has 1 aliphatic carbocycles. The fourth-order valence-electron chi connectivity index (χ4n) is 3.59. The number of aromatic amines is 1. The Bertz CT molecular complexity index is 1010. The van der Waals surface area contributed by atoms with Gasteiger partial charge in [-0.2, -0.15) is 0 Å². The molecule has 0 aliphatic heterocycles. The molecule has 1 atom stereocenters. The average Bonchev–Trinajstić information content (AvgIpc) is 3.05. The Hall–Kier alpha value is -2.95. The normalized spacial score (nSPS) is 16.0. The summed E-state index contributed by atoms with van der Waals surface area (Å²) in [7, 11) is 1.76. The van der Waals surface area contributed by atoms with Crippen molar-refractivity contribution >= 4 is 16.8 Å². The Morgan fingerprint density at radius 3 is 2.84 bits per heavy atom. The lowest BCUT2D eigenvalue weighted by Gasteiger charge is -2.21. The van der Waals surface area contributed by atoms with Gasteiger partial charge in [0.2, 0.25) is 5.91 Å². The highest BCUT2D eigenvalue weighted by Crippen LogP contribution is 2.34. The summed E-state index contributed by atoms with van der Waals surface area (Å²) >= 11 is 0. The predicted molar refractivity (Wildman–Crippen MR) is 96.3 cm³/mol. The van der Waals surface area contributed by atoms with E-state index in [1.165, 1.54) is 5.56 Å². The van der Waals surface area contributed by atoms with Crippen LogP contribution in [0.15, 0.2) is 53.3 Å². The first kappa shape index (κ1) is 15.6. The third-order valence-electron chi connectivity index (χ3n) is 4.86. The van der Waals surface area contributed by atoms with Crippen molar-refractivity contribution in [3.05, 3.63) is 75.8 Å². The summed E-state index contributed by atoms with van der Waals surface area (Å²) in [4.78, 5) is 34.0. The molecule has 5 heteroatoms. The van der Waals surface area contributed by atoms with Crippen LogP contribution < -0.4 is 5.56 Å². The number of carbonyl (C=O) groups is 1. The molecule has 126 valence electrons. The number of nitrogens with zero attached hydrogens (tertiary/aromatic N) is 2. The van der Waals surface area contributed by atoms with Crippen molar-refractivity contribution in [2.45, 2.75) is 25.3 Å². The number of aryl methyl sites for hydroxylation is 1. The van der Waals surface area contributed by atoms with Crippen molar-refractivity contribution in [3.8, 4) is 0 Å². The second-order valence-electron chi connectivity index (χ2n) is 6.51. The molecule has 1 aliphatic rings. The highest BCUT2D eigenvalue weighted by atomic mass is 16.2. The molecule has 5 nitrogen and oxygen atoms in total. The second kappa shape index (κ2) is 6.16. The average molecular weight is 333 g/mol. The number of benzene rings is 2. The zero-order valence-corrected chi connectivity index (χ0v) is 14.0. The molecule has 0 saturated carbocycles. The van der Waals surface area contributed by atoms with Gasteiger partial charge in [0.25, 0.3) is 5.56 Å². The fourth-order valence-corrected chi connectivity index (χ4v) is 3.59. The zero-order chi connectivity index (χ0) is 17.4. The molecule has 25 heavy (non-hydrogen) atoms. The summed E-state index contributed by atoms with van der Waals surface area (Å²) in [5, 5.41) is 0.560. The molecule has 0 spiro atoms. The number of likely N-dealkylation sites (N-methyl/N-ethyl adjacent to an activating group) is 1. The van der Waals surface area contributed by atoms with Gasteiger partial charge in [-0.3, -0.25) is 9.59 Å². The number of aromatic nitrogens is 2. The lowest BCUT2D eigenvalue weighted by Crippen LogP contribution is -2.32. The third kappa shape index (κ3) is 2.82. The minimum absolute atomic E-state index is 0.0701. The van der Waals surface area contributed by atoms with Crippen molar-refractivity contribution in [1.82, 2.24) is 14.9 Å². The van der Waals surface area contributed by atoms with Crippen LogP contribution in [0.4, 0.5) is 0 Å². The molecule has 3 aromatic rings. The molecule has 1 heterocycles. The number of fused-ring (bicyclic) bond motifs is 2. The number of carbonyl (C=O) groups excluding carboxylic acids is 1. The quantitative estimate of drug-likeness (QED) is 0.801. The Morgan fingerprint density at radius 2 is 1.96 bits per heavy atom. The maximum atomic E-state index is 12.9. The monoisotopic (exact) mass is 333 g/mol. The van der Waals surface area contributed by atoms with E-state index < -0.39 is 0 Å². The van der Waals surface area contributed by atoms with Gasteiger partial charge in [0.1, 0.15) is 5.82 Å². The van der Waals surface area contributed by atoms with Crippen LogP contribution in [0.1, 0.15) is 29.3 Å². The molecule has 0 fully saturated rings. The SMILES string of the molecule is CN(Cc1nc2ccccc2c(=O)[nH]1)C(=O)[C@H]1CCc2ccccc21. The minimum atomic E-state index is -0.173. The number of nitrogens with one attached hydrogen (secondary N) is 1. The van der Waals surface area contributed by atoms with Crippen LogP contribution in [-0.2, 0) is 17.8 Å². The van der Waals surface area contributed by atoms with E-state index in [9.17, 15) is 9.59 Å². The van der Waals surface area contributed by atoms with Crippen LogP contribution in [0, 0.1) is 0 Å². The van der Waals surface area contributed by atoms with E-state index in [4.69, 9.17) is 0 Å².